The molecule has 4 rings (SSSR count). The van der Waals surface area contributed by atoms with Crippen LogP contribution in [0.1, 0.15) is 41.2 Å². The lowest BCUT2D eigenvalue weighted by atomic mass is 9.98. The van der Waals surface area contributed by atoms with E-state index in [1.54, 1.807) is 24.3 Å². The molecule has 0 spiro atoms. The van der Waals surface area contributed by atoms with Gasteiger partial charge in [0, 0.05) is 24.2 Å². The minimum absolute atomic E-state index is 0.0834. The minimum Gasteiger partial charge on any atom is -0.506 e. The van der Waals surface area contributed by atoms with Crippen LogP contribution in [0.2, 0.25) is 0 Å². The zero-order valence-electron chi connectivity index (χ0n) is 18.6. The molecule has 1 heterocycles. The second kappa shape index (κ2) is 9.10. The predicted molar refractivity (Wildman–Crippen MR) is 130 cm³/mol. The number of aliphatic hydroxyl groups excluding tert-OH is 1. The monoisotopic (exact) mass is 425 g/mol. The van der Waals surface area contributed by atoms with Gasteiger partial charge in [0.15, 0.2) is 5.82 Å². The van der Waals surface area contributed by atoms with Crippen molar-refractivity contribution in [3.8, 4) is 0 Å². The average Bonchev–Trinajstić information content (AvgIpc) is 3.19. The van der Waals surface area contributed by atoms with Crippen molar-refractivity contribution in [2.45, 2.75) is 20.8 Å². The molecule has 1 aromatic heterocycles. The van der Waals surface area contributed by atoms with E-state index in [0.29, 0.717) is 17.0 Å². The van der Waals surface area contributed by atoms with Gasteiger partial charge in [0.25, 0.3) is 0 Å². The predicted octanol–water partition coefficient (Wildman–Crippen LogP) is 5.63. The van der Waals surface area contributed by atoms with Crippen LogP contribution in [0, 0.1) is 6.92 Å². The van der Waals surface area contributed by atoms with Crippen LogP contribution in [0.25, 0.3) is 22.4 Å². The molecule has 0 bridgehead atoms. The molecule has 0 saturated carbocycles. The van der Waals surface area contributed by atoms with E-state index >= 15 is 0 Å². The van der Waals surface area contributed by atoms with Crippen LogP contribution in [0.4, 0.5) is 0 Å². The number of benzene rings is 3. The van der Waals surface area contributed by atoms with Gasteiger partial charge in [-0.2, -0.15) is 0 Å². The molecule has 1 N–H and O–H groups in total. The van der Waals surface area contributed by atoms with Crippen molar-refractivity contribution in [3.63, 3.8) is 0 Å². The molecule has 5 nitrogen and oxygen atoms in total. The van der Waals surface area contributed by atoms with E-state index in [1.807, 2.05) is 60.1 Å². The summed E-state index contributed by atoms with van der Waals surface area (Å²) in [6.07, 6.45) is 0. The van der Waals surface area contributed by atoms with Crippen molar-refractivity contribution < 1.29 is 9.90 Å². The van der Waals surface area contributed by atoms with Gasteiger partial charge in [-0.25, -0.2) is 9.66 Å². The number of aryl methyl sites for hydroxylation is 1. The van der Waals surface area contributed by atoms with Gasteiger partial charge in [-0.3, -0.25) is 4.79 Å². The third-order valence-electron chi connectivity index (χ3n) is 5.57. The molecule has 0 saturated heterocycles. The Morgan fingerprint density at radius 2 is 1.50 bits per heavy atom. The van der Waals surface area contributed by atoms with Gasteiger partial charge < -0.3 is 10.1 Å². The van der Waals surface area contributed by atoms with Crippen molar-refractivity contribution in [2.75, 3.05) is 18.1 Å². The van der Waals surface area contributed by atoms with Gasteiger partial charge in [-0.1, -0.05) is 66.7 Å². The number of nitrogens with zero attached hydrogens (tertiary/aromatic N) is 3. The molecule has 32 heavy (non-hydrogen) atoms. The first-order valence-corrected chi connectivity index (χ1v) is 10.9. The van der Waals surface area contributed by atoms with Crippen LogP contribution in [-0.4, -0.2) is 33.6 Å². The number of carbonyl (C=O) groups is 1. The Balaban J connectivity index is 2.06. The summed E-state index contributed by atoms with van der Waals surface area (Å²) < 4.78 is 1.97. The highest BCUT2D eigenvalue weighted by Crippen LogP contribution is 2.31. The summed E-state index contributed by atoms with van der Waals surface area (Å²) in [6, 6.07) is 24.2. The first-order chi connectivity index (χ1) is 15.5. The maximum Gasteiger partial charge on any atom is 0.200 e. The maximum atomic E-state index is 13.8. The van der Waals surface area contributed by atoms with Crippen LogP contribution in [-0.2, 0) is 0 Å². The Morgan fingerprint density at radius 1 is 0.906 bits per heavy atom. The van der Waals surface area contributed by atoms with Gasteiger partial charge in [-0.05, 0) is 38.5 Å². The zero-order chi connectivity index (χ0) is 22.7. The molecule has 5 heteroatoms. The molecule has 4 aromatic rings. The van der Waals surface area contributed by atoms with Gasteiger partial charge >= 0.3 is 0 Å². The molecule has 0 fully saturated rings. The quantitative estimate of drug-likeness (QED) is 0.237. The van der Waals surface area contributed by atoms with Crippen LogP contribution >= 0.6 is 0 Å². The normalized spacial score (nSPS) is 12.0. The number of hydrogen-bond donors (Lipinski definition) is 1. The second-order valence-electron chi connectivity index (χ2n) is 7.66. The van der Waals surface area contributed by atoms with Crippen LogP contribution in [0.15, 0.2) is 78.9 Å². The van der Waals surface area contributed by atoms with Crippen molar-refractivity contribution in [1.82, 2.24) is 9.66 Å². The summed E-state index contributed by atoms with van der Waals surface area (Å²) in [6.45, 7) is 7.61. The fraction of sp³-hybridized carbons (Fsp3) is 0.185. The third kappa shape index (κ3) is 3.89. The average molecular weight is 426 g/mol. The Bertz CT molecular complexity index is 1270. The van der Waals surface area contributed by atoms with Crippen LogP contribution < -0.4 is 5.01 Å². The van der Waals surface area contributed by atoms with E-state index in [1.165, 1.54) is 0 Å². The highest BCUT2D eigenvalue weighted by atomic mass is 16.3. The molecule has 3 aromatic carbocycles. The molecule has 0 unspecified atom stereocenters. The third-order valence-corrected chi connectivity index (χ3v) is 5.57. The number of allylic oxidation sites excluding steroid dienone is 1. The summed E-state index contributed by atoms with van der Waals surface area (Å²) in [7, 11) is 0. The van der Waals surface area contributed by atoms with Crippen LogP contribution in [0.5, 0.6) is 0 Å². The van der Waals surface area contributed by atoms with E-state index in [-0.39, 0.29) is 17.1 Å². The fourth-order valence-corrected chi connectivity index (χ4v) is 3.92. The summed E-state index contributed by atoms with van der Waals surface area (Å²) in [5, 5.41) is 13.5. The molecule has 0 amide bonds. The number of aliphatic hydroxyl groups is 1. The summed E-state index contributed by atoms with van der Waals surface area (Å²) in [5.41, 5.74) is 4.03. The molecule has 0 aliphatic rings. The molecule has 162 valence electrons. The van der Waals surface area contributed by atoms with Crippen molar-refractivity contribution in [1.29, 1.82) is 0 Å². The van der Waals surface area contributed by atoms with Gasteiger partial charge in [0.05, 0.1) is 11.0 Å². The van der Waals surface area contributed by atoms with Gasteiger partial charge in [0.1, 0.15) is 11.3 Å². The number of hydrogen-bond acceptors (Lipinski definition) is 4. The summed E-state index contributed by atoms with van der Waals surface area (Å²) in [4.78, 5) is 18.6. The number of rotatable bonds is 7. The molecular formula is C27H27N3O2. The van der Waals surface area contributed by atoms with E-state index in [4.69, 9.17) is 4.98 Å². The van der Waals surface area contributed by atoms with Crippen molar-refractivity contribution in [2.24, 2.45) is 0 Å². The first kappa shape index (κ1) is 21.4. The molecule has 0 radical (unpaired) electrons. The summed E-state index contributed by atoms with van der Waals surface area (Å²) in [5.74, 6) is 0.0804. The van der Waals surface area contributed by atoms with Gasteiger partial charge in [-0.15, -0.1) is 0 Å². The molecule has 0 atom stereocenters. The number of aromatic nitrogens is 2. The second-order valence-corrected chi connectivity index (χ2v) is 7.66. The number of ketones is 1. The van der Waals surface area contributed by atoms with Crippen molar-refractivity contribution >= 4 is 28.1 Å². The smallest absolute Gasteiger partial charge is 0.200 e. The fourth-order valence-electron chi connectivity index (χ4n) is 3.92. The largest absolute Gasteiger partial charge is 0.506 e. The lowest BCUT2D eigenvalue weighted by molar-refractivity contribution is 0.105. The van der Waals surface area contributed by atoms with E-state index in [0.717, 1.165) is 29.7 Å². The van der Waals surface area contributed by atoms with E-state index in [2.05, 4.69) is 24.9 Å². The van der Waals surface area contributed by atoms with E-state index in [9.17, 15) is 9.90 Å². The standard InChI is InChI=1S/C27H27N3O2/c1-4-29(5-2)30-23-18-19(3)16-17-22(23)28-27(30)24(25(31)20-12-8-6-9-13-20)26(32)21-14-10-7-11-15-21/h6-18,31H,4-5H2,1-3H3. The minimum atomic E-state index is -0.271. The lowest BCUT2D eigenvalue weighted by Gasteiger charge is -2.26. The number of fused-ring (bicyclic) bond motifs is 1. The number of carbonyl (C=O) groups excluding carboxylic acids is 1. The number of imidazole rings is 1. The van der Waals surface area contributed by atoms with Crippen LogP contribution in [0.3, 0.4) is 0 Å². The molecule has 0 aliphatic heterocycles. The van der Waals surface area contributed by atoms with Gasteiger partial charge in [0.2, 0.25) is 5.78 Å². The number of Topliss-reactive ketones (excluding diaryl/α,β-unsaturated/α-hetero) is 1. The Hall–Kier alpha value is -3.86. The van der Waals surface area contributed by atoms with E-state index < -0.39 is 0 Å². The molecule has 0 aliphatic carbocycles. The zero-order valence-corrected chi connectivity index (χ0v) is 18.6. The Kier molecular flexibility index (Phi) is 6.08. The summed E-state index contributed by atoms with van der Waals surface area (Å²) >= 11 is 0. The lowest BCUT2D eigenvalue weighted by Crippen LogP contribution is -2.35. The maximum absolute atomic E-state index is 13.8. The Morgan fingerprint density at radius 3 is 2.09 bits per heavy atom. The Labute approximate surface area is 188 Å². The highest BCUT2D eigenvalue weighted by molar-refractivity contribution is 6.33. The highest BCUT2D eigenvalue weighted by Gasteiger charge is 2.27. The van der Waals surface area contributed by atoms with Crippen molar-refractivity contribution in [3.05, 3.63) is 101 Å². The topological polar surface area (TPSA) is 58.4 Å². The first-order valence-electron chi connectivity index (χ1n) is 10.9. The molecular weight excluding hydrogens is 398 g/mol. The SMILES string of the molecule is CCN(CC)n1c(C(C(=O)c2ccccc2)=C(O)c2ccccc2)nc2ccc(C)cc21.